The highest BCUT2D eigenvalue weighted by Gasteiger charge is 2.02. The van der Waals surface area contributed by atoms with Gasteiger partial charge in [-0.15, -0.1) is 0 Å². The number of hydrogen-bond donors (Lipinski definition) is 1. The predicted octanol–water partition coefficient (Wildman–Crippen LogP) is 2.66. The van der Waals surface area contributed by atoms with Crippen LogP contribution in [0, 0.1) is 6.92 Å². The van der Waals surface area contributed by atoms with Crippen molar-refractivity contribution in [3.8, 4) is 0 Å². The Labute approximate surface area is 87.0 Å². The fourth-order valence-electron chi connectivity index (χ4n) is 1.53. The van der Waals surface area contributed by atoms with Crippen molar-refractivity contribution in [1.29, 1.82) is 0 Å². The van der Waals surface area contributed by atoms with Crippen LogP contribution in [0.15, 0.2) is 46.3 Å². The van der Waals surface area contributed by atoms with Gasteiger partial charge < -0.3 is 9.73 Å². The first-order valence-electron chi connectivity index (χ1n) is 4.62. The lowest BCUT2D eigenvalue weighted by Gasteiger charge is -2.03. The first-order valence-corrected chi connectivity index (χ1v) is 4.62. The SMILES string of the molecule is C=CNc1ccc2c(C)cc(=O)oc2c1. The lowest BCUT2D eigenvalue weighted by Crippen LogP contribution is -1.98. The summed E-state index contributed by atoms with van der Waals surface area (Å²) in [6.45, 7) is 5.46. The molecular weight excluding hydrogens is 190 g/mol. The third kappa shape index (κ3) is 1.76. The van der Waals surface area contributed by atoms with Crippen molar-refractivity contribution in [3.63, 3.8) is 0 Å². The summed E-state index contributed by atoms with van der Waals surface area (Å²) < 4.78 is 5.10. The third-order valence-corrected chi connectivity index (χ3v) is 2.22. The zero-order valence-electron chi connectivity index (χ0n) is 8.41. The van der Waals surface area contributed by atoms with Crippen LogP contribution in [0.1, 0.15) is 5.56 Å². The van der Waals surface area contributed by atoms with E-state index in [0.717, 1.165) is 16.6 Å². The largest absolute Gasteiger partial charge is 0.423 e. The second-order valence-electron chi connectivity index (χ2n) is 3.31. The Bertz CT molecular complexity index is 569. The van der Waals surface area contributed by atoms with E-state index in [-0.39, 0.29) is 5.63 Å². The van der Waals surface area contributed by atoms with E-state index in [0.29, 0.717) is 5.58 Å². The average molecular weight is 201 g/mol. The van der Waals surface area contributed by atoms with Gasteiger partial charge in [0.25, 0.3) is 0 Å². The lowest BCUT2D eigenvalue weighted by atomic mass is 10.1. The molecule has 1 N–H and O–H groups in total. The molecule has 0 bridgehead atoms. The van der Waals surface area contributed by atoms with Gasteiger partial charge in [0.15, 0.2) is 0 Å². The maximum Gasteiger partial charge on any atom is 0.336 e. The van der Waals surface area contributed by atoms with Crippen molar-refractivity contribution in [3.05, 3.63) is 53.0 Å². The lowest BCUT2D eigenvalue weighted by molar-refractivity contribution is 0.560. The van der Waals surface area contributed by atoms with Crippen LogP contribution in [-0.4, -0.2) is 0 Å². The monoisotopic (exact) mass is 201 g/mol. The number of rotatable bonds is 2. The van der Waals surface area contributed by atoms with Gasteiger partial charge in [-0.1, -0.05) is 6.58 Å². The third-order valence-electron chi connectivity index (χ3n) is 2.22. The number of fused-ring (bicyclic) bond motifs is 1. The van der Waals surface area contributed by atoms with Crippen LogP contribution in [0.25, 0.3) is 11.0 Å². The van der Waals surface area contributed by atoms with Gasteiger partial charge in [-0.25, -0.2) is 4.79 Å². The minimum atomic E-state index is -0.323. The molecule has 0 spiro atoms. The number of hydrogen-bond acceptors (Lipinski definition) is 3. The van der Waals surface area contributed by atoms with Crippen LogP contribution >= 0.6 is 0 Å². The zero-order chi connectivity index (χ0) is 10.8. The van der Waals surface area contributed by atoms with E-state index in [1.165, 1.54) is 6.07 Å². The second kappa shape index (κ2) is 3.61. The molecule has 2 aromatic rings. The molecule has 1 aromatic heterocycles. The molecule has 0 aliphatic carbocycles. The summed E-state index contributed by atoms with van der Waals surface area (Å²) in [6, 6.07) is 7.10. The first-order chi connectivity index (χ1) is 7.20. The fourth-order valence-corrected chi connectivity index (χ4v) is 1.53. The van der Waals surface area contributed by atoms with E-state index < -0.39 is 0 Å². The van der Waals surface area contributed by atoms with E-state index in [1.807, 2.05) is 19.1 Å². The maximum atomic E-state index is 11.2. The molecule has 0 aliphatic heterocycles. The molecule has 1 heterocycles. The minimum Gasteiger partial charge on any atom is -0.423 e. The van der Waals surface area contributed by atoms with Crippen molar-refractivity contribution in [2.75, 3.05) is 5.32 Å². The van der Waals surface area contributed by atoms with E-state index in [9.17, 15) is 4.79 Å². The van der Waals surface area contributed by atoms with E-state index in [2.05, 4.69) is 11.9 Å². The molecule has 0 fully saturated rings. The van der Waals surface area contributed by atoms with Crippen molar-refractivity contribution in [2.24, 2.45) is 0 Å². The molecule has 76 valence electrons. The number of anilines is 1. The van der Waals surface area contributed by atoms with E-state index in [1.54, 1.807) is 12.3 Å². The summed E-state index contributed by atoms with van der Waals surface area (Å²) in [5.74, 6) is 0. The van der Waals surface area contributed by atoms with Gasteiger partial charge in [-0.3, -0.25) is 0 Å². The van der Waals surface area contributed by atoms with Crippen molar-refractivity contribution in [1.82, 2.24) is 0 Å². The van der Waals surface area contributed by atoms with Gasteiger partial charge in [-0.2, -0.15) is 0 Å². The first kappa shape index (κ1) is 9.52. The Morgan fingerprint density at radius 1 is 1.40 bits per heavy atom. The topological polar surface area (TPSA) is 42.2 Å². The molecule has 0 radical (unpaired) electrons. The Hall–Kier alpha value is -2.03. The molecule has 0 amide bonds. The molecule has 2 rings (SSSR count). The van der Waals surface area contributed by atoms with E-state index in [4.69, 9.17) is 4.42 Å². The molecule has 1 aromatic carbocycles. The quantitative estimate of drug-likeness (QED) is 0.759. The average Bonchev–Trinajstić information content (AvgIpc) is 2.17. The maximum absolute atomic E-state index is 11.2. The van der Waals surface area contributed by atoms with Gasteiger partial charge >= 0.3 is 5.63 Å². The molecule has 3 nitrogen and oxygen atoms in total. The molecule has 0 atom stereocenters. The molecule has 0 aliphatic rings. The normalized spacial score (nSPS) is 10.2. The Kier molecular flexibility index (Phi) is 2.29. The van der Waals surface area contributed by atoms with Crippen LogP contribution < -0.4 is 10.9 Å². The highest BCUT2D eigenvalue weighted by atomic mass is 16.4. The van der Waals surface area contributed by atoms with Gasteiger partial charge in [-0.05, 0) is 30.8 Å². The smallest absolute Gasteiger partial charge is 0.336 e. The fraction of sp³-hybridized carbons (Fsp3) is 0.0833. The molecule has 3 heteroatoms. The van der Waals surface area contributed by atoms with Crippen molar-refractivity contribution < 1.29 is 4.42 Å². The van der Waals surface area contributed by atoms with Crippen LogP contribution in [0.4, 0.5) is 5.69 Å². The molecule has 0 saturated carbocycles. The summed E-state index contributed by atoms with van der Waals surface area (Å²) in [5.41, 5.74) is 2.04. The van der Waals surface area contributed by atoms with Gasteiger partial charge in [0.1, 0.15) is 5.58 Å². The minimum absolute atomic E-state index is 0.323. The summed E-state index contributed by atoms with van der Waals surface area (Å²) >= 11 is 0. The summed E-state index contributed by atoms with van der Waals surface area (Å²) in [4.78, 5) is 11.2. The molecule has 0 unspecified atom stereocenters. The number of nitrogens with one attached hydrogen (secondary N) is 1. The standard InChI is InChI=1S/C12H11NO2/c1-3-13-9-4-5-10-8(2)6-12(14)15-11(10)7-9/h3-7,13H,1H2,2H3. The summed E-state index contributed by atoms with van der Waals surface area (Å²) in [5, 5.41) is 3.89. The van der Waals surface area contributed by atoms with E-state index >= 15 is 0 Å². The second-order valence-corrected chi connectivity index (χ2v) is 3.31. The highest BCUT2D eigenvalue weighted by molar-refractivity contribution is 5.83. The van der Waals surface area contributed by atoms with Gasteiger partial charge in [0.2, 0.25) is 0 Å². The van der Waals surface area contributed by atoms with Crippen molar-refractivity contribution >= 4 is 16.7 Å². The van der Waals surface area contributed by atoms with Crippen LogP contribution in [0.2, 0.25) is 0 Å². The Morgan fingerprint density at radius 3 is 2.93 bits per heavy atom. The van der Waals surface area contributed by atoms with Gasteiger partial charge in [0.05, 0.1) is 0 Å². The molecular formula is C12H11NO2. The zero-order valence-corrected chi connectivity index (χ0v) is 8.41. The van der Waals surface area contributed by atoms with Crippen molar-refractivity contribution in [2.45, 2.75) is 6.92 Å². The molecule has 0 saturated heterocycles. The summed E-state index contributed by atoms with van der Waals surface area (Å²) in [7, 11) is 0. The van der Waals surface area contributed by atoms with Crippen LogP contribution in [0.3, 0.4) is 0 Å². The Morgan fingerprint density at radius 2 is 2.20 bits per heavy atom. The highest BCUT2D eigenvalue weighted by Crippen LogP contribution is 2.20. The predicted molar refractivity (Wildman–Crippen MR) is 61.0 cm³/mol. The van der Waals surface area contributed by atoms with Crippen LogP contribution in [-0.2, 0) is 0 Å². The van der Waals surface area contributed by atoms with Gasteiger partial charge in [0, 0.05) is 23.2 Å². The number of aryl methyl sites for hydroxylation is 1. The summed E-state index contributed by atoms with van der Waals surface area (Å²) in [6.07, 6.45) is 1.58. The van der Waals surface area contributed by atoms with Crippen LogP contribution in [0.5, 0.6) is 0 Å². The number of benzene rings is 1. The Balaban J connectivity index is 2.70. The molecule has 15 heavy (non-hydrogen) atoms.